The van der Waals surface area contributed by atoms with Crippen LogP contribution in [0.4, 0.5) is 0 Å². The van der Waals surface area contributed by atoms with Gasteiger partial charge in [-0.25, -0.2) is 4.98 Å². The molecule has 0 aromatic carbocycles. The molecule has 0 spiro atoms. The summed E-state index contributed by atoms with van der Waals surface area (Å²) in [6, 6.07) is 0. The van der Waals surface area contributed by atoms with Crippen molar-refractivity contribution in [2.45, 2.75) is 32.4 Å². The SMILES string of the molecule is COC1(CNCc2sc(C)nc2C)CCOC1. The highest BCUT2D eigenvalue weighted by atomic mass is 32.1. The molecule has 0 aliphatic carbocycles. The van der Waals surface area contributed by atoms with Gasteiger partial charge in [0.2, 0.25) is 0 Å². The zero-order valence-electron chi connectivity index (χ0n) is 10.7. The fourth-order valence-electron chi connectivity index (χ4n) is 2.10. The summed E-state index contributed by atoms with van der Waals surface area (Å²) in [7, 11) is 1.76. The van der Waals surface area contributed by atoms with E-state index in [2.05, 4.69) is 17.2 Å². The van der Waals surface area contributed by atoms with Crippen molar-refractivity contribution in [1.29, 1.82) is 0 Å². The highest BCUT2D eigenvalue weighted by Crippen LogP contribution is 2.22. The number of thiazole rings is 1. The Morgan fingerprint density at radius 3 is 2.88 bits per heavy atom. The van der Waals surface area contributed by atoms with Gasteiger partial charge in [-0.15, -0.1) is 11.3 Å². The van der Waals surface area contributed by atoms with Gasteiger partial charge in [-0.1, -0.05) is 0 Å². The maximum Gasteiger partial charge on any atom is 0.106 e. The molecule has 0 amide bonds. The van der Waals surface area contributed by atoms with Crippen LogP contribution in [-0.4, -0.2) is 37.5 Å². The number of nitrogens with one attached hydrogen (secondary N) is 1. The molecule has 0 radical (unpaired) electrons. The maximum absolute atomic E-state index is 5.57. The van der Waals surface area contributed by atoms with Crippen LogP contribution in [0.1, 0.15) is 22.0 Å². The summed E-state index contributed by atoms with van der Waals surface area (Å²) in [5, 5.41) is 4.58. The van der Waals surface area contributed by atoms with E-state index < -0.39 is 0 Å². The molecule has 0 saturated carbocycles. The van der Waals surface area contributed by atoms with Gasteiger partial charge >= 0.3 is 0 Å². The number of aromatic nitrogens is 1. The quantitative estimate of drug-likeness (QED) is 0.870. The van der Waals surface area contributed by atoms with E-state index in [0.717, 1.165) is 36.8 Å². The first-order valence-electron chi connectivity index (χ1n) is 5.92. The minimum absolute atomic E-state index is 0.131. The molecule has 1 unspecified atom stereocenters. The van der Waals surface area contributed by atoms with Crippen LogP contribution < -0.4 is 5.32 Å². The number of ether oxygens (including phenoxy) is 2. The van der Waals surface area contributed by atoms with Gasteiger partial charge in [-0.2, -0.15) is 0 Å². The molecule has 1 saturated heterocycles. The predicted octanol–water partition coefficient (Wildman–Crippen LogP) is 1.66. The van der Waals surface area contributed by atoms with Gasteiger partial charge in [0, 0.05) is 38.1 Å². The van der Waals surface area contributed by atoms with E-state index in [4.69, 9.17) is 9.47 Å². The van der Waals surface area contributed by atoms with Crippen LogP contribution in [0.2, 0.25) is 0 Å². The van der Waals surface area contributed by atoms with Gasteiger partial charge in [-0.3, -0.25) is 0 Å². The van der Waals surface area contributed by atoms with Crippen LogP contribution in [0.3, 0.4) is 0 Å². The number of hydrogen-bond donors (Lipinski definition) is 1. The standard InChI is InChI=1S/C12H20N2O2S/c1-9-11(17-10(2)14-9)6-13-7-12(15-3)4-5-16-8-12/h13H,4-8H2,1-3H3. The number of nitrogens with zero attached hydrogens (tertiary/aromatic N) is 1. The van der Waals surface area contributed by atoms with Gasteiger partial charge in [0.25, 0.3) is 0 Å². The van der Waals surface area contributed by atoms with E-state index in [1.807, 2.05) is 6.92 Å². The molecule has 1 aliphatic heterocycles. The van der Waals surface area contributed by atoms with Crippen LogP contribution in [0, 0.1) is 13.8 Å². The van der Waals surface area contributed by atoms with Crippen molar-refractivity contribution in [2.24, 2.45) is 0 Å². The second-order valence-corrected chi connectivity index (χ2v) is 5.82. The lowest BCUT2D eigenvalue weighted by Crippen LogP contribution is -2.42. The third-order valence-corrected chi connectivity index (χ3v) is 4.31. The fourth-order valence-corrected chi connectivity index (χ4v) is 3.01. The Balaban J connectivity index is 1.84. The van der Waals surface area contributed by atoms with Crippen molar-refractivity contribution in [3.8, 4) is 0 Å². The largest absolute Gasteiger partial charge is 0.378 e. The lowest BCUT2D eigenvalue weighted by molar-refractivity contribution is -0.0159. The molecule has 1 fully saturated rings. The topological polar surface area (TPSA) is 43.4 Å². The summed E-state index contributed by atoms with van der Waals surface area (Å²) >= 11 is 1.76. The summed E-state index contributed by atoms with van der Waals surface area (Å²) in [6.45, 7) is 7.29. The molecule has 5 heteroatoms. The smallest absolute Gasteiger partial charge is 0.106 e. The predicted molar refractivity (Wildman–Crippen MR) is 68.5 cm³/mol. The minimum atomic E-state index is -0.131. The van der Waals surface area contributed by atoms with Crippen LogP contribution >= 0.6 is 11.3 Å². The van der Waals surface area contributed by atoms with Gasteiger partial charge in [-0.05, 0) is 13.8 Å². The molecule has 4 nitrogen and oxygen atoms in total. The highest BCUT2D eigenvalue weighted by Gasteiger charge is 2.34. The number of hydrogen-bond acceptors (Lipinski definition) is 5. The highest BCUT2D eigenvalue weighted by molar-refractivity contribution is 7.11. The van der Waals surface area contributed by atoms with E-state index in [0.29, 0.717) is 6.61 Å². The molecule has 1 aromatic heterocycles. The summed E-state index contributed by atoms with van der Waals surface area (Å²) in [4.78, 5) is 5.73. The van der Waals surface area contributed by atoms with Crippen molar-refractivity contribution in [3.05, 3.63) is 15.6 Å². The number of aryl methyl sites for hydroxylation is 2. The lowest BCUT2D eigenvalue weighted by atomic mass is 10.0. The average molecular weight is 256 g/mol. The van der Waals surface area contributed by atoms with Crippen LogP contribution in [-0.2, 0) is 16.0 Å². The molecule has 2 heterocycles. The molecule has 17 heavy (non-hydrogen) atoms. The fraction of sp³-hybridized carbons (Fsp3) is 0.750. The molecule has 2 rings (SSSR count). The lowest BCUT2D eigenvalue weighted by Gasteiger charge is -2.25. The van der Waals surface area contributed by atoms with Crippen LogP contribution in [0.5, 0.6) is 0 Å². The molecule has 1 N–H and O–H groups in total. The van der Waals surface area contributed by atoms with Gasteiger partial charge in [0.1, 0.15) is 5.60 Å². The zero-order chi connectivity index (χ0) is 12.3. The molecule has 96 valence electrons. The Kier molecular flexibility index (Phi) is 4.14. The minimum Gasteiger partial charge on any atom is -0.378 e. The van der Waals surface area contributed by atoms with E-state index in [9.17, 15) is 0 Å². The first-order valence-corrected chi connectivity index (χ1v) is 6.73. The maximum atomic E-state index is 5.57. The first-order chi connectivity index (χ1) is 8.15. The molecule has 1 aliphatic rings. The molecular weight excluding hydrogens is 236 g/mol. The van der Waals surface area contributed by atoms with E-state index in [1.165, 1.54) is 4.88 Å². The third-order valence-electron chi connectivity index (χ3n) is 3.23. The molecule has 0 bridgehead atoms. The number of rotatable bonds is 5. The Morgan fingerprint density at radius 1 is 1.53 bits per heavy atom. The molecule has 1 atom stereocenters. The molecular formula is C12H20N2O2S. The Bertz CT molecular complexity index is 373. The van der Waals surface area contributed by atoms with E-state index in [-0.39, 0.29) is 5.60 Å². The van der Waals surface area contributed by atoms with Crippen LogP contribution in [0.25, 0.3) is 0 Å². The normalized spacial score (nSPS) is 24.4. The summed E-state index contributed by atoms with van der Waals surface area (Å²) in [5.74, 6) is 0. The zero-order valence-corrected chi connectivity index (χ0v) is 11.5. The molecule has 1 aromatic rings. The van der Waals surface area contributed by atoms with Gasteiger partial charge in [0.05, 0.1) is 17.3 Å². The first kappa shape index (κ1) is 13.0. The van der Waals surface area contributed by atoms with E-state index >= 15 is 0 Å². The Morgan fingerprint density at radius 2 is 2.35 bits per heavy atom. The van der Waals surface area contributed by atoms with Gasteiger partial charge < -0.3 is 14.8 Å². The van der Waals surface area contributed by atoms with Crippen LogP contribution in [0.15, 0.2) is 0 Å². The average Bonchev–Trinajstić information content (AvgIpc) is 2.88. The summed E-state index contributed by atoms with van der Waals surface area (Å²) in [6.07, 6.45) is 0.969. The summed E-state index contributed by atoms with van der Waals surface area (Å²) in [5.41, 5.74) is 1.00. The summed E-state index contributed by atoms with van der Waals surface area (Å²) < 4.78 is 11.0. The second kappa shape index (κ2) is 5.44. The number of methoxy groups -OCH3 is 1. The van der Waals surface area contributed by atoms with Crippen molar-refractivity contribution in [1.82, 2.24) is 10.3 Å². The van der Waals surface area contributed by atoms with Crippen molar-refractivity contribution < 1.29 is 9.47 Å². The Labute approximate surface area is 106 Å². The van der Waals surface area contributed by atoms with Crippen molar-refractivity contribution >= 4 is 11.3 Å². The Hall–Kier alpha value is -0.490. The van der Waals surface area contributed by atoms with Gasteiger partial charge in [0.15, 0.2) is 0 Å². The monoisotopic (exact) mass is 256 g/mol. The van der Waals surface area contributed by atoms with Crippen molar-refractivity contribution in [2.75, 3.05) is 26.9 Å². The van der Waals surface area contributed by atoms with E-state index in [1.54, 1.807) is 18.4 Å². The third kappa shape index (κ3) is 3.04. The van der Waals surface area contributed by atoms with Crippen molar-refractivity contribution in [3.63, 3.8) is 0 Å². The second-order valence-electron chi connectivity index (χ2n) is 4.53.